The lowest BCUT2D eigenvalue weighted by molar-refractivity contribution is -0.117. The zero-order valence-electron chi connectivity index (χ0n) is 17.1. The number of nitrogen functional groups attached to an aromatic ring is 1. The van der Waals surface area contributed by atoms with Crippen LogP contribution < -0.4 is 15.8 Å². The third-order valence-electron chi connectivity index (χ3n) is 5.83. The second kappa shape index (κ2) is 9.78. The van der Waals surface area contributed by atoms with Crippen LogP contribution in [0.3, 0.4) is 0 Å². The summed E-state index contributed by atoms with van der Waals surface area (Å²) in [5, 5.41) is 3.40. The van der Waals surface area contributed by atoms with E-state index in [1.165, 1.54) is 0 Å². The summed E-state index contributed by atoms with van der Waals surface area (Å²) < 4.78 is 11.3. The predicted octanol–water partition coefficient (Wildman–Crippen LogP) is 2.29. The third kappa shape index (κ3) is 5.21. The minimum Gasteiger partial charge on any atom is -0.492 e. The fourth-order valence-corrected chi connectivity index (χ4v) is 4.36. The van der Waals surface area contributed by atoms with Gasteiger partial charge in [-0.1, -0.05) is 11.6 Å². The van der Waals surface area contributed by atoms with E-state index in [0.29, 0.717) is 48.0 Å². The highest BCUT2D eigenvalue weighted by atomic mass is 35.5. The molecule has 3 rings (SSSR count). The maximum atomic E-state index is 12.8. The van der Waals surface area contributed by atoms with E-state index in [-0.39, 0.29) is 23.7 Å². The quantitative estimate of drug-likeness (QED) is 0.623. The number of benzene rings is 1. The summed E-state index contributed by atoms with van der Waals surface area (Å²) in [5.41, 5.74) is 7.76. The molecular formula is C21H30ClN3O4. The highest BCUT2D eigenvalue weighted by Crippen LogP contribution is 2.38. The molecule has 0 saturated carbocycles. The normalized spacial score (nSPS) is 21.5. The first kappa shape index (κ1) is 21.9. The largest absolute Gasteiger partial charge is 0.492 e. The van der Waals surface area contributed by atoms with Crippen molar-refractivity contribution in [1.29, 1.82) is 0 Å². The zero-order chi connectivity index (χ0) is 21.0. The third-order valence-corrected chi connectivity index (χ3v) is 6.14. The van der Waals surface area contributed by atoms with Gasteiger partial charge in [-0.25, -0.2) is 0 Å². The van der Waals surface area contributed by atoms with Gasteiger partial charge >= 0.3 is 0 Å². The number of amides is 1. The molecule has 1 fully saturated rings. The molecule has 0 aromatic heterocycles. The standard InChI is InChI=1S/C21H30ClN3O4/c1-13(26)4-3-7-25-8-5-14(18(12-25)28-2)11-24-21(27)16-10-17(22)19(23)15-6-9-29-20(15)16/h10,14,18H,3-9,11-12,23H2,1-2H3,(H,24,27). The molecule has 2 aliphatic heterocycles. The van der Waals surface area contributed by atoms with E-state index >= 15 is 0 Å². The molecule has 2 unspecified atom stereocenters. The van der Waals surface area contributed by atoms with Crippen molar-refractivity contribution in [3.8, 4) is 5.75 Å². The second-order valence-electron chi connectivity index (χ2n) is 7.86. The number of halogens is 1. The second-order valence-corrected chi connectivity index (χ2v) is 8.27. The number of Topliss-reactive ketones (excluding diaryl/α,β-unsaturated/α-hetero) is 1. The van der Waals surface area contributed by atoms with E-state index in [1.807, 2.05) is 0 Å². The number of rotatable bonds is 8. The van der Waals surface area contributed by atoms with E-state index in [4.69, 9.17) is 26.8 Å². The Labute approximate surface area is 176 Å². The molecule has 2 atom stereocenters. The van der Waals surface area contributed by atoms with Gasteiger partial charge < -0.3 is 30.2 Å². The Morgan fingerprint density at radius 1 is 1.45 bits per heavy atom. The average molecular weight is 424 g/mol. The Morgan fingerprint density at radius 3 is 2.97 bits per heavy atom. The number of ketones is 1. The van der Waals surface area contributed by atoms with Crippen molar-refractivity contribution >= 4 is 29.0 Å². The molecule has 2 aliphatic rings. The fourth-order valence-electron chi connectivity index (χ4n) is 4.14. The molecule has 0 aliphatic carbocycles. The molecular weight excluding hydrogens is 394 g/mol. The van der Waals surface area contributed by atoms with Gasteiger partial charge in [-0.2, -0.15) is 0 Å². The van der Waals surface area contributed by atoms with E-state index in [1.54, 1.807) is 20.1 Å². The number of nitrogens with zero attached hydrogens (tertiary/aromatic N) is 1. The number of nitrogens with two attached hydrogens (primary N) is 1. The lowest BCUT2D eigenvalue weighted by Gasteiger charge is -2.37. The van der Waals surface area contributed by atoms with Crippen molar-refractivity contribution in [2.24, 2.45) is 5.92 Å². The average Bonchev–Trinajstić information content (AvgIpc) is 3.19. The topological polar surface area (TPSA) is 93.9 Å². The number of methoxy groups -OCH3 is 1. The van der Waals surface area contributed by atoms with Gasteiger partial charge in [0.05, 0.1) is 29.0 Å². The molecule has 3 N–H and O–H groups in total. The van der Waals surface area contributed by atoms with Crippen LogP contribution in [0.1, 0.15) is 42.1 Å². The van der Waals surface area contributed by atoms with Crippen molar-refractivity contribution in [3.63, 3.8) is 0 Å². The highest BCUT2D eigenvalue weighted by molar-refractivity contribution is 6.33. The zero-order valence-corrected chi connectivity index (χ0v) is 17.9. The van der Waals surface area contributed by atoms with Gasteiger partial charge in [0.25, 0.3) is 5.91 Å². The number of likely N-dealkylation sites (tertiary alicyclic amines) is 1. The maximum absolute atomic E-state index is 12.8. The van der Waals surface area contributed by atoms with Crippen molar-refractivity contribution in [1.82, 2.24) is 10.2 Å². The lowest BCUT2D eigenvalue weighted by Crippen LogP contribution is -2.48. The number of carbonyl (C=O) groups excluding carboxylic acids is 2. The number of piperidine rings is 1. The van der Waals surface area contributed by atoms with E-state index < -0.39 is 0 Å². The predicted molar refractivity (Wildman–Crippen MR) is 113 cm³/mol. The Bertz CT molecular complexity index is 771. The molecule has 29 heavy (non-hydrogen) atoms. The summed E-state index contributed by atoms with van der Waals surface area (Å²) in [7, 11) is 1.71. The van der Waals surface area contributed by atoms with Crippen LogP contribution in [-0.4, -0.2) is 62.6 Å². The lowest BCUT2D eigenvalue weighted by atomic mass is 9.93. The summed E-state index contributed by atoms with van der Waals surface area (Å²) in [4.78, 5) is 26.3. The number of nitrogens with one attached hydrogen (secondary N) is 1. The molecule has 0 radical (unpaired) electrons. The Morgan fingerprint density at radius 2 is 2.24 bits per heavy atom. The van der Waals surface area contributed by atoms with Crippen LogP contribution in [0.15, 0.2) is 6.07 Å². The van der Waals surface area contributed by atoms with Crippen molar-refractivity contribution < 1.29 is 19.1 Å². The first-order valence-corrected chi connectivity index (χ1v) is 10.5. The molecule has 0 bridgehead atoms. The molecule has 2 heterocycles. The van der Waals surface area contributed by atoms with E-state index in [9.17, 15) is 9.59 Å². The van der Waals surface area contributed by atoms with Crippen LogP contribution in [0.5, 0.6) is 5.75 Å². The molecule has 7 nitrogen and oxygen atoms in total. The van der Waals surface area contributed by atoms with Gasteiger partial charge in [0.1, 0.15) is 11.5 Å². The first-order valence-electron chi connectivity index (χ1n) is 10.2. The monoisotopic (exact) mass is 423 g/mol. The van der Waals surface area contributed by atoms with Gasteiger partial charge in [-0.05, 0) is 38.9 Å². The van der Waals surface area contributed by atoms with Crippen LogP contribution in [0.2, 0.25) is 5.02 Å². The number of carbonyl (C=O) groups is 2. The molecule has 1 amide bonds. The Hall–Kier alpha value is -1.83. The number of hydrogen-bond donors (Lipinski definition) is 2. The summed E-state index contributed by atoms with van der Waals surface area (Å²) in [6.07, 6.45) is 3.12. The molecule has 1 aromatic carbocycles. The smallest absolute Gasteiger partial charge is 0.255 e. The number of ether oxygens (including phenoxy) is 2. The summed E-state index contributed by atoms with van der Waals surface area (Å²) in [5.74, 6) is 0.798. The minimum atomic E-state index is -0.205. The summed E-state index contributed by atoms with van der Waals surface area (Å²) in [6.45, 7) is 5.29. The summed E-state index contributed by atoms with van der Waals surface area (Å²) >= 11 is 6.21. The van der Waals surface area contributed by atoms with E-state index in [0.717, 1.165) is 38.0 Å². The van der Waals surface area contributed by atoms with Crippen molar-refractivity contribution in [3.05, 3.63) is 22.2 Å². The molecule has 1 saturated heterocycles. The van der Waals surface area contributed by atoms with Crippen LogP contribution in [0.25, 0.3) is 0 Å². The van der Waals surface area contributed by atoms with Gasteiger partial charge in [-0.15, -0.1) is 0 Å². The molecule has 160 valence electrons. The SMILES string of the molecule is COC1CN(CCCC(C)=O)CCC1CNC(=O)c1cc(Cl)c(N)c2c1OCC2. The minimum absolute atomic E-state index is 0.0401. The van der Waals surface area contributed by atoms with Crippen LogP contribution in [0.4, 0.5) is 5.69 Å². The van der Waals surface area contributed by atoms with Gasteiger partial charge in [0, 0.05) is 44.5 Å². The summed E-state index contributed by atoms with van der Waals surface area (Å²) in [6, 6.07) is 1.59. The Balaban J connectivity index is 1.56. The van der Waals surface area contributed by atoms with Gasteiger partial charge in [0.15, 0.2) is 0 Å². The van der Waals surface area contributed by atoms with Crippen LogP contribution >= 0.6 is 11.6 Å². The van der Waals surface area contributed by atoms with Gasteiger partial charge in [0.2, 0.25) is 0 Å². The number of anilines is 1. The van der Waals surface area contributed by atoms with Crippen molar-refractivity contribution in [2.45, 2.75) is 38.7 Å². The first-order chi connectivity index (χ1) is 13.9. The Kier molecular flexibility index (Phi) is 7.38. The van der Waals surface area contributed by atoms with E-state index in [2.05, 4.69) is 10.2 Å². The van der Waals surface area contributed by atoms with Crippen LogP contribution in [-0.2, 0) is 16.0 Å². The van der Waals surface area contributed by atoms with Crippen LogP contribution in [0, 0.1) is 5.92 Å². The fraction of sp³-hybridized carbons (Fsp3) is 0.619. The van der Waals surface area contributed by atoms with Crippen molar-refractivity contribution in [2.75, 3.05) is 45.6 Å². The molecule has 0 spiro atoms. The van der Waals surface area contributed by atoms with Gasteiger partial charge in [-0.3, -0.25) is 4.79 Å². The highest BCUT2D eigenvalue weighted by Gasteiger charge is 2.30. The number of hydrogen-bond acceptors (Lipinski definition) is 6. The number of fused-ring (bicyclic) bond motifs is 1. The maximum Gasteiger partial charge on any atom is 0.255 e. The molecule has 8 heteroatoms. The molecule has 1 aromatic rings.